The summed E-state index contributed by atoms with van der Waals surface area (Å²) in [5.74, 6) is -14.1. The molecule has 2 fully saturated rings. The number of aliphatic hydroxyl groups is 6. The number of primary amides is 1. The molecule has 2 saturated heterocycles. The van der Waals surface area contributed by atoms with Crippen molar-refractivity contribution in [1.29, 1.82) is 5.41 Å². The van der Waals surface area contributed by atoms with Crippen LogP contribution in [0.2, 0.25) is 15.1 Å². The van der Waals surface area contributed by atoms with Crippen molar-refractivity contribution in [2.45, 2.75) is 170 Å². The summed E-state index contributed by atoms with van der Waals surface area (Å²) in [5, 5.41) is 131. The fourth-order valence-corrected chi connectivity index (χ4v) is 15.6. The van der Waals surface area contributed by atoms with E-state index in [-0.39, 0.29) is 85.8 Å². The Bertz CT molecular complexity index is 4730. The lowest BCUT2D eigenvalue weighted by atomic mass is 9.79. The number of fused-ring (bicyclic) bond motifs is 15. The number of aliphatic hydroxyl groups excluding tert-OH is 6. The van der Waals surface area contributed by atoms with Gasteiger partial charge in [-0.2, -0.15) is 0 Å². The number of rotatable bonds is 16. The first-order valence-electron chi connectivity index (χ1n) is 36.5. The van der Waals surface area contributed by atoms with Crippen molar-refractivity contribution in [1.82, 2.24) is 26.6 Å². The zero-order valence-electron chi connectivity index (χ0n) is 61.4. The molecule has 7 aromatic carbocycles. The molecule has 4 unspecified atom stereocenters. The molecule has 7 aliphatic heterocycles. The second-order valence-electron chi connectivity index (χ2n) is 29.6. The van der Waals surface area contributed by atoms with Gasteiger partial charge in [-0.3, -0.25) is 28.8 Å². The second-order valence-corrected chi connectivity index (χ2v) is 30.9. The number of aromatic hydroxyl groups is 3. The van der Waals surface area contributed by atoms with Gasteiger partial charge in [-0.1, -0.05) is 103 Å². The number of phenolic OH excluding ortho intramolecular Hbond substituents is 3. The fourth-order valence-electron chi connectivity index (χ4n) is 15.0. The van der Waals surface area contributed by atoms with Crippen LogP contribution in [0.1, 0.15) is 124 Å². The molecule has 11 bridgehead atoms. The number of ketones is 2. The Labute approximate surface area is 658 Å². The van der Waals surface area contributed by atoms with Crippen LogP contribution in [0.15, 0.2) is 127 Å². The van der Waals surface area contributed by atoms with Crippen LogP contribution in [0.25, 0.3) is 22.3 Å². The number of carbonyl (C=O) groups is 6. The lowest BCUT2D eigenvalue weighted by Gasteiger charge is -2.48. The van der Waals surface area contributed by atoms with E-state index in [1.807, 2.05) is 50.2 Å². The van der Waals surface area contributed by atoms with Gasteiger partial charge >= 0.3 is 0 Å². The zero-order valence-corrected chi connectivity index (χ0v) is 63.7. The average Bonchev–Trinajstić information content (AvgIpc) is 0.767. The molecule has 17 N–H and O–H groups in total. The van der Waals surface area contributed by atoms with Crippen molar-refractivity contribution in [2.24, 2.45) is 23.5 Å². The Morgan fingerprint density at radius 1 is 0.723 bits per heavy atom. The van der Waals surface area contributed by atoms with Gasteiger partial charge in [-0.25, -0.2) is 0 Å². The minimum absolute atomic E-state index is 0.0316. The Hall–Kier alpha value is -9.34. The molecule has 7 aliphatic rings. The average molecular weight is 1600 g/mol. The molecule has 0 aliphatic carbocycles. The smallest absolute Gasteiger partial charge is 0.237 e. The normalized spacial score (nSPS) is 27.2. The third-order valence-corrected chi connectivity index (χ3v) is 22.0. The first-order chi connectivity index (χ1) is 53.3. The lowest BCUT2D eigenvalue weighted by Crippen LogP contribution is -2.65. The monoisotopic (exact) mass is 1600 g/mol. The van der Waals surface area contributed by atoms with Gasteiger partial charge in [-0.15, -0.1) is 0 Å². The summed E-state index contributed by atoms with van der Waals surface area (Å²) in [7, 11) is 1.53. The number of ether oxygens (including phenoxy) is 6. The first kappa shape index (κ1) is 82.1. The highest BCUT2D eigenvalue weighted by Gasteiger charge is 2.52. The molecule has 28 nitrogen and oxygen atoms in total. The molecule has 0 radical (unpaired) electrons. The number of carbonyl (C=O) groups excluding carboxylic acids is 6. The second kappa shape index (κ2) is 34.6. The van der Waals surface area contributed by atoms with Crippen molar-refractivity contribution >= 4 is 75.7 Å². The van der Waals surface area contributed by atoms with Crippen LogP contribution in [0.3, 0.4) is 0 Å². The zero-order chi connectivity index (χ0) is 80.5. The van der Waals surface area contributed by atoms with E-state index in [1.54, 1.807) is 26.0 Å². The molecule has 0 aromatic heterocycles. The number of nitrogens with one attached hydrogen (secondary N) is 6. The van der Waals surface area contributed by atoms with Gasteiger partial charge in [0.2, 0.25) is 35.7 Å². The maximum Gasteiger partial charge on any atom is 0.237 e. The van der Waals surface area contributed by atoms with Crippen LogP contribution in [0, 0.1) is 23.2 Å². The lowest BCUT2D eigenvalue weighted by molar-refractivity contribution is -0.334. The fraction of sp³-hybridized carbons (Fsp3) is 0.395. The summed E-state index contributed by atoms with van der Waals surface area (Å²) in [6.45, 7) is 5.97. The molecule has 31 heteroatoms. The topological polar surface area (TPSA) is 450 Å². The molecule has 0 spiro atoms. The van der Waals surface area contributed by atoms with Crippen LogP contribution in [0.5, 0.6) is 46.0 Å². The van der Waals surface area contributed by atoms with E-state index in [9.17, 15) is 65.8 Å². The molecule has 112 heavy (non-hydrogen) atoms. The summed E-state index contributed by atoms with van der Waals surface area (Å²) >= 11 is 20.6. The highest BCUT2D eigenvalue weighted by atomic mass is 35.5. The standard InChI is InChI=1S/C81H88Cl3N7O21/c1-36(2)20-55(87-5)79(106)91-69-59(97)25-45(28-65(86)98)77(104)90-68-44-26-62(108-60-18-13-42(23-52(60)83)70(99)51-31-57(95)49(30-54(68)85)41-12-17-56(94)50(22-41)67-46(34-88-78(51)105)21-48(93)29-58(67)96)74(63(27-44)109-61-19-14-43(71(69)100)24-53(61)84)112-80-75(73(102)72(101)64(35-92)110-80)111-66-32-81(4,76(103)37(3)107-66)89-33-38-6-8-39(9-7-38)40-10-15-47(82)16-11-40/h6-19,21-24,26-27,29,36-37,45,49,51,55,64,66,68-73,75-76,80,85,87,89,92-94,96,99-103H,20,25,28,30-35H2,1-5H3,(H2,86,98)(H,88,105)(H,90,104)(H,91,106)/t37-,45-,49-,51-,55+,64?,66-,68+,69-,70+,71+,72?,73-,75+,76+,80?,81?/m0/s1. The van der Waals surface area contributed by atoms with Crippen LogP contribution in [-0.2, 0) is 56.1 Å². The number of amides is 4. The number of Topliss-reactive ketones (excluding diaryl/α,β-unsaturated/α-hetero) is 2. The summed E-state index contributed by atoms with van der Waals surface area (Å²) in [6, 6.07) is 26.8. The minimum Gasteiger partial charge on any atom is -0.508 e. The third kappa shape index (κ3) is 18.0. The number of phenols is 3. The van der Waals surface area contributed by atoms with Crippen LogP contribution >= 0.6 is 34.8 Å². The largest absolute Gasteiger partial charge is 0.508 e. The minimum atomic E-state index is -1.99. The van der Waals surface area contributed by atoms with E-state index >= 15 is 14.4 Å². The van der Waals surface area contributed by atoms with E-state index in [0.717, 1.165) is 22.8 Å². The van der Waals surface area contributed by atoms with Gasteiger partial charge in [0.25, 0.3) is 0 Å². The number of halogens is 3. The van der Waals surface area contributed by atoms with Gasteiger partial charge in [0.1, 0.15) is 65.0 Å². The van der Waals surface area contributed by atoms with Crippen LogP contribution in [0.4, 0.5) is 0 Å². The maximum atomic E-state index is 15.7. The van der Waals surface area contributed by atoms with Gasteiger partial charge < -0.3 is 112 Å². The Morgan fingerprint density at radius 3 is 1.97 bits per heavy atom. The van der Waals surface area contributed by atoms with Crippen LogP contribution in [-0.4, -0.2) is 167 Å². The van der Waals surface area contributed by atoms with E-state index in [4.69, 9.17) is 69.0 Å². The van der Waals surface area contributed by atoms with Gasteiger partial charge in [0, 0.05) is 84.6 Å². The van der Waals surface area contributed by atoms with Gasteiger partial charge in [0.15, 0.2) is 29.7 Å². The Balaban J connectivity index is 1.03. The summed E-state index contributed by atoms with van der Waals surface area (Å²) < 4.78 is 39.9. The molecular weight excluding hydrogens is 1510 g/mol. The molecule has 14 rings (SSSR count). The van der Waals surface area contributed by atoms with Crippen molar-refractivity contribution in [3.05, 3.63) is 176 Å². The Kier molecular flexibility index (Phi) is 25.3. The molecular formula is C81H88Cl3N7O21. The number of hydrogen-bond acceptors (Lipinski definition) is 24. The predicted octanol–water partition coefficient (Wildman–Crippen LogP) is 8.15. The molecule has 7 heterocycles. The third-order valence-electron chi connectivity index (χ3n) is 21.2. The van der Waals surface area contributed by atoms with E-state index < -0.39 is 217 Å². The summed E-state index contributed by atoms with van der Waals surface area (Å²) in [6.07, 6.45) is -19.7. The van der Waals surface area contributed by atoms with E-state index in [0.29, 0.717) is 5.02 Å². The highest BCUT2D eigenvalue weighted by Crippen LogP contribution is 2.51. The molecule has 17 atom stereocenters. The van der Waals surface area contributed by atoms with E-state index in [2.05, 4.69) is 26.6 Å². The first-order valence-corrected chi connectivity index (χ1v) is 37.6. The molecule has 594 valence electrons. The van der Waals surface area contributed by atoms with E-state index in [1.165, 1.54) is 79.8 Å². The van der Waals surface area contributed by atoms with Crippen molar-refractivity contribution < 1.29 is 103 Å². The number of nitrogens with two attached hydrogens (primary N) is 1. The maximum absolute atomic E-state index is 15.7. The van der Waals surface area contributed by atoms with Crippen molar-refractivity contribution in [2.75, 3.05) is 13.7 Å². The Morgan fingerprint density at radius 2 is 1.36 bits per heavy atom. The van der Waals surface area contributed by atoms with Gasteiger partial charge in [-0.05, 0) is 144 Å². The summed E-state index contributed by atoms with van der Waals surface area (Å²) in [5.41, 5.74) is 6.51. The van der Waals surface area contributed by atoms with Crippen molar-refractivity contribution in [3.63, 3.8) is 0 Å². The number of benzene rings is 7. The summed E-state index contributed by atoms with van der Waals surface area (Å²) in [4.78, 5) is 88.7. The van der Waals surface area contributed by atoms with Crippen LogP contribution < -0.4 is 46.5 Å². The molecule has 7 aromatic rings. The molecule has 0 saturated carbocycles. The van der Waals surface area contributed by atoms with Crippen molar-refractivity contribution in [3.8, 4) is 68.2 Å². The quantitative estimate of drug-likeness (QED) is 0.0434. The molecule has 4 amide bonds. The number of likely N-dealkylation sites (N-methyl/N-ethyl adjacent to an activating group) is 1. The SMILES string of the molecule is CN[C@H](CC(C)C)C(=O)N[C@H]1C(=O)C[C@@H](CC(N)=O)C(=O)N[C@H]2C(=N)C[C@@H]3C(=O)C[C@H](C(=O)NCc4cc(O)cc(O)c4-c4cc3ccc4O)[C@H](O)c3ccc(c(Cl)c3)Oc3cc2cc(c3OC2OC(CO)C(O)[C@H](O)[C@H]2O[C@H]2CC(C)(NCc3ccc(-c4ccc(Cl)cc4)cc3)[C@H](O)[C@H](C)O2)Oc2ccc(cc2Cl)[C@H]1O. The van der Waals surface area contributed by atoms with Gasteiger partial charge in [0.05, 0.1) is 58.9 Å². The number of hydrogen-bond donors (Lipinski definition) is 16. The highest BCUT2D eigenvalue weighted by molar-refractivity contribution is 6.32. The predicted molar refractivity (Wildman–Crippen MR) is 409 cm³/mol.